The Morgan fingerprint density at radius 2 is 2.00 bits per heavy atom. The van der Waals surface area contributed by atoms with Gasteiger partial charge in [-0.25, -0.2) is 5.43 Å². The molecule has 0 spiro atoms. The number of hydrogen-bond donors (Lipinski definition) is 3. The van der Waals surface area contributed by atoms with Crippen LogP contribution in [0.1, 0.15) is 24.0 Å². The summed E-state index contributed by atoms with van der Waals surface area (Å²) in [6.07, 6.45) is 1.92. The molecule has 1 aromatic rings. The molecule has 0 aliphatic carbocycles. The summed E-state index contributed by atoms with van der Waals surface area (Å²) in [5, 5.41) is 0.815. The number of aryl methyl sites for hydroxylation is 2. The van der Waals surface area contributed by atoms with E-state index in [1.807, 2.05) is 26.0 Å². The summed E-state index contributed by atoms with van der Waals surface area (Å²) in [6.45, 7) is 4.65. The second-order valence-electron chi connectivity index (χ2n) is 4.84. The van der Waals surface area contributed by atoms with Gasteiger partial charge in [-0.3, -0.25) is 5.43 Å². The first-order valence-electron chi connectivity index (χ1n) is 6.22. The standard InChI is InChI=1S/C13H20ClN3O/c1-8-5-11(6-9(2)13(8)14)18-4-3-10-7-12(15)17-16-10/h5-6,10,12,16-17H,3-4,7,15H2,1-2H3. The Morgan fingerprint density at radius 3 is 2.56 bits per heavy atom. The Bertz CT molecular complexity index is 402. The molecule has 2 rings (SSSR count). The highest BCUT2D eigenvalue weighted by molar-refractivity contribution is 6.32. The van der Waals surface area contributed by atoms with Crippen LogP contribution in [0.2, 0.25) is 5.02 Å². The number of hydrogen-bond acceptors (Lipinski definition) is 4. The number of hydrazine groups is 1. The zero-order valence-electron chi connectivity index (χ0n) is 10.8. The Morgan fingerprint density at radius 1 is 1.33 bits per heavy atom. The summed E-state index contributed by atoms with van der Waals surface area (Å²) in [7, 11) is 0. The second-order valence-corrected chi connectivity index (χ2v) is 5.21. The van der Waals surface area contributed by atoms with Gasteiger partial charge in [0.05, 0.1) is 12.8 Å². The summed E-state index contributed by atoms with van der Waals surface area (Å²) in [6, 6.07) is 4.33. The highest BCUT2D eigenvalue weighted by atomic mass is 35.5. The van der Waals surface area contributed by atoms with Gasteiger partial charge in [-0.1, -0.05) is 11.6 Å². The maximum absolute atomic E-state index is 6.12. The third kappa shape index (κ3) is 3.36. The maximum atomic E-state index is 6.12. The van der Waals surface area contributed by atoms with Crippen LogP contribution in [0.3, 0.4) is 0 Å². The largest absolute Gasteiger partial charge is 0.494 e. The lowest BCUT2D eigenvalue weighted by Gasteiger charge is -2.12. The van der Waals surface area contributed by atoms with Gasteiger partial charge in [0.1, 0.15) is 5.75 Å². The minimum atomic E-state index is 0.0509. The molecule has 1 saturated heterocycles. The lowest BCUT2D eigenvalue weighted by atomic mass is 10.1. The fraction of sp³-hybridized carbons (Fsp3) is 0.538. The number of nitrogens with one attached hydrogen (secondary N) is 2. The molecule has 2 atom stereocenters. The fourth-order valence-electron chi connectivity index (χ4n) is 2.15. The van der Waals surface area contributed by atoms with Crippen molar-refractivity contribution in [3.05, 3.63) is 28.3 Å². The van der Waals surface area contributed by atoms with Crippen LogP contribution in [0.4, 0.5) is 0 Å². The molecule has 4 N–H and O–H groups in total. The monoisotopic (exact) mass is 269 g/mol. The van der Waals surface area contributed by atoms with Crippen molar-refractivity contribution in [2.24, 2.45) is 5.73 Å². The minimum absolute atomic E-state index is 0.0509. The quantitative estimate of drug-likeness (QED) is 0.781. The molecule has 5 heteroatoms. The molecule has 1 aliphatic heterocycles. The van der Waals surface area contributed by atoms with Gasteiger partial charge in [0.15, 0.2) is 0 Å². The minimum Gasteiger partial charge on any atom is -0.494 e. The van der Waals surface area contributed by atoms with Gasteiger partial charge in [0.2, 0.25) is 0 Å². The molecule has 0 amide bonds. The van der Waals surface area contributed by atoms with Gasteiger partial charge in [0, 0.05) is 11.1 Å². The third-order valence-corrected chi connectivity index (χ3v) is 3.75. The van der Waals surface area contributed by atoms with Gasteiger partial charge >= 0.3 is 0 Å². The molecule has 1 heterocycles. The first kappa shape index (κ1) is 13.6. The zero-order valence-corrected chi connectivity index (χ0v) is 11.6. The molecular weight excluding hydrogens is 250 g/mol. The predicted molar refractivity (Wildman–Crippen MR) is 73.7 cm³/mol. The smallest absolute Gasteiger partial charge is 0.119 e. The lowest BCUT2D eigenvalue weighted by Crippen LogP contribution is -2.37. The number of benzene rings is 1. The highest BCUT2D eigenvalue weighted by Crippen LogP contribution is 2.26. The Hall–Kier alpha value is -0.810. The van der Waals surface area contributed by atoms with Crippen molar-refractivity contribution in [1.29, 1.82) is 0 Å². The summed E-state index contributed by atoms with van der Waals surface area (Å²) in [4.78, 5) is 0. The maximum Gasteiger partial charge on any atom is 0.119 e. The molecule has 0 saturated carbocycles. The topological polar surface area (TPSA) is 59.3 Å². The van der Waals surface area contributed by atoms with Gasteiger partial charge < -0.3 is 10.5 Å². The van der Waals surface area contributed by atoms with E-state index in [1.165, 1.54) is 0 Å². The number of rotatable bonds is 4. The van der Waals surface area contributed by atoms with Crippen LogP contribution in [-0.2, 0) is 0 Å². The first-order valence-corrected chi connectivity index (χ1v) is 6.60. The Balaban J connectivity index is 1.83. The molecule has 100 valence electrons. The van der Waals surface area contributed by atoms with Crippen LogP contribution >= 0.6 is 11.6 Å². The van der Waals surface area contributed by atoms with E-state index in [1.54, 1.807) is 0 Å². The summed E-state index contributed by atoms with van der Waals surface area (Å²) < 4.78 is 5.75. The normalized spacial score (nSPS) is 23.3. The molecule has 0 bridgehead atoms. The number of nitrogens with two attached hydrogens (primary N) is 1. The Labute approximate surface area is 113 Å². The van der Waals surface area contributed by atoms with Gasteiger partial charge in [-0.05, 0) is 49.9 Å². The molecule has 1 fully saturated rings. The predicted octanol–water partition coefficient (Wildman–Crippen LogP) is 1.88. The molecule has 0 aromatic heterocycles. The molecular formula is C13H20ClN3O. The molecule has 18 heavy (non-hydrogen) atoms. The molecule has 4 nitrogen and oxygen atoms in total. The van der Waals surface area contributed by atoms with Gasteiger partial charge in [0.25, 0.3) is 0 Å². The van der Waals surface area contributed by atoms with Gasteiger partial charge in [-0.2, -0.15) is 0 Å². The number of ether oxygens (including phenoxy) is 1. The van der Waals surface area contributed by atoms with E-state index in [0.29, 0.717) is 12.6 Å². The molecule has 1 aromatic carbocycles. The van der Waals surface area contributed by atoms with E-state index in [-0.39, 0.29) is 6.17 Å². The van der Waals surface area contributed by atoms with E-state index < -0.39 is 0 Å². The number of halogens is 1. The molecule has 2 unspecified atom stereocenters. The van der Waals surface area contributed by atoms with Crippen molar-refractivity contribution in [2.45, 2.75) is 38.9 Å². The second kappa shape index (κ2) is 5.89. The average molecular weight is 270 g/mol. The average Bonchev–Trinajstić information content (AvgIpc) is 2.72. The first-order chi connectivity index (χ1) is 8.56. The highest BCUT2D eigenvalue weighted by Gasteiger charge is 2.19. The van der Waals surface area contributed by atoms with E-state index in [2.05, 4.69) is 10.9 Å². The van der Waals surface area contributed by atoms with Crippen molar-refractivity contribution in [1.82, 2.24) is 10.9 Å². The van der Waals surface area contributed by atoms with Crippen LogP contribution in [0.5, 0.6) is 5.75 Å². The van der Waals surface area contributed by atoms with Crippen molar-refractivity contribution in [3.8, 4) is 5.75 Å². The summed E-state index contributed by atoms with van der Waals surface area (Å²) >= 11 is 6.12. The summed E-state index contributed by atoms with van der Waals surface area (Å²) in [5.41, 5.74) is 14.0. The summed E-state index contributed by atoms with van der Waals surface area (Å²) in [5.74, 6) is 0.879. The van der Waals surface area contributed by atoms with Crippen molar-refractivity contribution in [2.75, 3.05) is 6.61 Å². The Kier molecular flexibility index (Phi) is 4.45. The molecule has 1 aliphatic rings. The van der Waals surface area contributed by atoms with Crippen LogP contribution < -0.4 is 21.3 Å². The van der Waals surface area contributed by atoms with Crippen molar-refractivity contribution in [3.63, 3.8) is 0 Å². The van der Waals surface area contributed by atoms with E-state index in [4.69, 9.17) is 22.1 Å². The molecule has 0 radical (unpaired) electrons. The van der Waals surface area contributed by atoms with E-state index in [9.17, 15) is 0 Å². The lowest BCUT2D eigenvalue weighted by molar-refractivity contribution is 0.289. The van der Waals surface area contributed by atoms with E-state index in [0.717, 1.165) is 34.7 Å². The van der Waals surface area contributed by atoms with Crippen molar-refractivity contribution < 1.29 is 4.74 Å². The fourth-order valence-corrected chi connectivity index (χ4v) is 2.26. The zero-order chi connectivity index (χ0) is 13.1. The van der Waals surface area contributed by atoms with E-state index >= 15 is 0 Å². The van der Waals surface area contributed by atoms with Crippen LogP contribution in [-0.4, -0.2) is 18.8 Å². The van der Waals surface area contributed by atoms with Crippen LogP contribution in [0.25, 0.3) is 0 Å². The third-order valence-electron chi connectivity index (χ3n) is 3.16. The SMILES string of the molecule is Cc1cc(OCCC2CC(N)NN2)cc(C)c1Cl. The van der Waals surface area contributed by atoms with Crippen molar-refractivity contribution >= 4 is 11.6 Å². The van der Waals surface area contributed by atoms with Gasteiger partial charge in [-0.15, -0.1) is 0 Å². The van der Waals surface area contributed by atoms with Crippen LogP contribution in [0, 0.1) is 13.8 Å². The van der Waals surface area contributed by atoms with Crippen LogP contribution in [0.15, 0.2) is 12.1 Å².